The van der Waals surface area contributed by atoms with Crippen molar-refractivity contribution < 1.29 is 4.74 Å². The fourth-order valence-corrected chi connectivity index (χ4v) is 2.94. The number of ether oxygens (including phenoxy) is 1. The van der Waals surface area contributed by atoms with Gasteiger partial charge in [-0.15, -0.1) is 11.3 Å². The van der Waals surface area contributed by atoms with E-state index in [1.165, 1.54) is 4.88 Å². The average Bonchev–Trinajstić information content (AvgIpc) is 2.95. The third kappa shape index (κ3) is 4.05. The smallest absolute Gasteiger partial charge is 0.218 e. The van der Waals surface area contributed by atoms with E-state index < -0.39 is 0 Å². The van der Waals surface area contributed by atoms with Crippen molar-refractivity contribution in [2.75, 3.05) is 0 Å². The predicted octanol–water partition coefficient (Wildman–Crippen LogP) is 4.17. The molecule has 0 saturated heterocycles. The molecule has 1 unspecified atom stereocenters. The Morgan fingerprint density at radius 2 is 2.15 bits per heavy atom. The summed E-state index contributed by atoms with van der Waals surface area (Å²) in [5.41, 5.74) is 1.11. The van der Waals surface area contributed by atoms with Crippen molar-refractivity contribution in [1.82, 2.24) is 10.3 Å². The molecular formula is C16H22N2OS. The second-order valence-corrected chi connectivity index (χ2v) is 5.97. The second kappa shape index (κ2) is 7.41. The van der Waals surface area contributed by atoms with E-state index in [-0.39, 0.29) is 6.10 Å². The van der Waals surface area contributed by atoms with Crippen LogP contribution in [0.3, 0.4) is 0 Å². The van der Waals surface area contributed by atoms with Crippen molar-refractivity contribution in [3.8, 4) is 5.88 Å². The Kier molecular flexibility index (Phi) is 5.56. The van der Waals surface area contributed by atoms with Crippen LogP contribution in [-0.2, 0) is 6.54 Å². The molecule has 0 bridgehead atoms. The van der Waals surface area contributed by atoms with Crippen LogP contribution in [0.1, 0.15) is 43.7 Å². The molecule has 2 aromatic heterocycles. The topological polar surface area (TPSA) is 34.2 Å². The molecule has 108 valence electrons. The minimum absolute atomic E-state index is 0.142. The zero-order valence-corrected chi connectivity index (χ0v) is 13.1. The minimum atomic E-state index is 0.142. The number of nitrogens with zero attached hydrogens (tertiary/aromatic N) is 1. The highest BCUT2D eigenvalue weighted by Gasteiger charge is 2.12. The monoisotopic (exact) mass is 290 g/mol. The highest BCUT2D eigenvalue weighted by atomic mass is 32.1. The van der Waals surface area contributed by atoms with Gasteiger partial charge in [-0.1, -0.05) is 19.1 Å². The molecule has 2 rings (SSSR count). The maximum absolute atomic E-state index is 5.75. The van der Waals surface area contributed by atoms with Gasteiger partial charge in [0.1, 0.15) is 0 Å². The molecule has 2 aromatic rings. The maximum atomic E-state index is 5.75. The van der Waals surface area contributed by atoms with Gasteiger partial charge in [-0.25, -0.2) is 4.98 Å². The van der Waals surface area contributed by atoms with Crippen LogP contribution in [0, 0.1) is 0 Å². The second-order valence-electron chi connectivity index (χ2n) is 4.99. The molecule has 2 heterocycles. The van der Waals surface area contributed by atoms with Gasteiger partial charge >= 0.3 is 0 Å². The van der Waals surface area contributed by atoms with Crippen molar-refractivity contribution in [2.24, 2.45) is 0 Å². The molecule has 0 aliphatic rings. The highest BCUT2D eigenvalue weighted by molar-refractivity contribution is 7.10. The SMILES string of the molecule is CCC(NCc1cccnc1OC(C)C)c1cccs1. The van der Waals surface area contributed by atoms with E-state index in [9.17, 15) is 0 Å². The molecular weight excluding hydrogens is 268 g/mol. The molecule has 0 saturated carbocycles. The van der Waals surface area contributed by atoms with Crippen LogP contribution < -0.4 is 10.1 Å². The Morgan fingerprint density at radius 3 is 2.80 bits per heavy atom. The molecule has 0 fully saturated rings. The van der Waals surface area contributed by atoms with E-state index in [1.54, 1.807) is 17.5 Å². The predicted molar refractivity (Wildman–Crippen MR) is 84.2 cm³/mol. The summed E-state index contributed by atoms with van der Waals surface area (Å²) in [6.45, 7) is 7.01. The van der Waals surface area contributed by atoms with Gasteiger partial charge < -0.3 is 10.1 Å². The zero-order valence-electron chi connectivity index (χ0n) is 12.3. The Labute approximate surface area is 125 Å². The lowest BCUT2D eigenvalue weighted by atomic mass is 10.1. The van der Waals surface area contributed by atoms with Gasteiger partial charge in [0, 0.05) is 29.2 Å². The number of thiophene rings is 1. The van der Waals surface area contributed by atoms with E-state index in [1.807, 2.05) is 19.9 Å². The van der Waals surface area contributed by atoms with Crippen LogP contribution in [0.2, 0.25) is 0 Å². The van der Waals surface area contributed by atoms with Crippen molar-refractivity contribution in [1.29, 1.82) is 0 Å². The van der Waals surface area contributed by atoms with Gasteiger partial charge in [0.25, 0.3) is 0 Å². The van der Waals surface area contributed by atoms with Crippen molar-refractivity contribution in [3.63, 3.8) is 0 Å². The van der Waals surface area contributed by atoms with E-state index in [4.69, 9.17) is 4.74 Å². The summed E-state index contributed by atoms with van der Waals surface area (Å²) in [5, 5.41) is 5.71. The van der Waals surface area contributed by atoms with Gasteiger partial charge in [0.15, 0.2) is 0 Å². The van der Waals surface area contributed by atoms with Crippen LogP contribution in [0.15, 0.2) is 35.8 Å². The summed E-state index contributed by atoms with van der Waals surface area (Å²) in [6, 6.07) is 8.69. The van der Waals surface area contributed by atoms with Crippen molar-refractivity contribution in [2.45, 2.75) is 45.9 Å². The first-order valence-electron chi connectivity index (χ1n) is 7.08. The first-order valence-corrected chi connectivity index (χ1v) is 7.96. The third-order valence-electron chi connectivity index (χ3n) is 3.03. The van der Waals surface area contributed by atoms with Gasteiger partial charge in [0.05, 0.1) is 6.10 Å². The molecule has 20 heavy (non-hydrogen) atoms. The summed E-state index contributed by atoms with van der Waals surface area (Å²) in [6.07, 6.45) is 2.99. The molecule has 0 aromatic carbocycles. The summed E-state index contributed by atoms with van der Waals surface area (Å²) in [7, 11) is 0. The molecule has 0 spiro atoms. The summed E-state index contributed by atoms with van der Waals surface area (Å²) >= 11 is 1.80. The quantitative estimate of drug-likeness (QED) is 0.831. The number of nitrogens with one attached hydrogen (secondary N) is 1. The lowest BCUT2D eigenvalue weighted by Crippen LogP contribution is -2.20. The zero-order chi connectivity index (χ0) is 14.4. The largest absolute Gasteiger partial charge is 0.475 e. The lowest BCUT2D eigenvalue weighted by Gasteiger charge is -2.17. The van der Waals surface area contributed by atoms with E-state index in [2.05, 4.69) is 40.8 Å². The van der Waals surface area contributed by atoms with Gasteiger partial charge in [-0.2, -0.15) is 0 Å². The number of rotatable bonds is 7. The number of hydrogen-bond acceptors (Lipinski definition) is 4. The number of hydrogen-bond donors (Lipinski definition) is 1. The highest BCUT2D eigenvalue weighted by Crippen LogP contribution is 2.23. The van der Waals surface area contributed by atoms with E-state index in [0.717, 1.165) is 24.4 Å². The van der Waals surface area contributed by atoms with Crippen LogP contribution in [0.4, 0.5) is 0 Å². The Balaban J connectivity index is 2.03. The van der Waals surface area contributed by atoms with Gasteiger partial charge in [0.2, 0.25) is 5.88 Å². The average molecular weight is 290 g/mol. The summed E-state index contributed by atoms with van der Waals surface area (Å²) < 4.78 is 5.75. The molecule has 0 aliphatic carbocycles. The Hall–Kier alpha value is -1.39. The maximum Gasteiger partial charge on any atom is 0.218 e. The Morgan fingerprint density at radius 1 is 1.30 bits per heavy atom. The molecule has 1 N–H and O–H groups in total. The molecule has 3 nitrogen and oxygen atoms in total. The van der Waals surface area contributed by atoms with Crippen LogP contribution in [0.25, 0.3) is 0 Å². The van der Waals surface area contributed by atoms with E-state index in [0.29, 0.717) is 6.04 Å². The molecule has 0 amide bonds. The molecule has 1 atom stereocenters. The minimum Gasteiger partial charge on any atom is -0.475 e. The fourth-order valence-electron chi connectivity index (χ4n) is 2.06. The first kappa shape index (κ1) is 15.0. The third-order valence-corrected chi connectivity index (χ3v) is 4.02. The van der Waals surface area contributed by atoms with Gasteiger partial charge in [-0.3, -0.25) is 0 Å². The first-order chi connectivity index (χ1) is 9.70. The summed E-state index contributed by atoms with van der Waals surface area (Å²) in [5.74, 6) is 0.732. The number of pyridine rings is 1. The van der Waals surface area contributed by atoms with Gasteiger partial charge in [-0.05, 0) is 37.8 Å². The Bertz CT molecular complexity index is 511. The molecule has 4 heteroatoms. The molecule has 0 aliphatic heterocycles. The summed E-state index contributed by atoms with van der Waals surface area (Å²) in [4.78, 5) is 5.70. The standard InChI is InChI=1S/C16H22N2OS/c1-4-14(15-8-6-10-20-15)18-11-13-7-5-9-17-16(13)19-12(2)3/h5-10,12,14,18H,4,11H2,1-3H3. The van der Waals surface area contributed by atoms with Crippen LogP contribution >= 0.6 is 11.3 Å². The molecule has 0 radical (unpaired) electrons. The fraction of sp³-hybridized carbons (Fsp3) is 0.438. The van der Waals surface area contributed by atoms with Crippen molar-refractivity contribution >= 4 is 11.3 Å². The normalized spacial score (nSPS) is 12.6. The lowest BCUT2D eigenvalue weighted by molar-refractivity contribution is 0.229. The van der Waals surface area contributed by atoms with Crippen LogP contribution in [-0.4, -0.2) is 11.1 Å². The van der Waals surface area contributed by atoms with Crippen LogP contribution in [0.5, 0.6) is 5.88 Å². The van der Waals surface area contributed by atoms with Crippen molar-refractivity contribution in [3.05, 3.63) is 46.3 Å². The van der Waals surface area contributed by atoms with E-state index >= 15 is 0 Å². The number of aromatic nitrogens is 1.